The minimum absolute atomic E-state index is 0.00925. The number of hydrogen-bond acceptors (Lipinski definition) is 6. The number of anilines is 1. The molecule has 7 nitrogen and oxygen atoms in total. The first-order valence-corrected chi connectivity index (χ1v) is 12.2. The zero-order valence-electron chi connectivity index (χ0n) is 18.1. The number of nitro benzene ring substituents is 1. The summed E-state index contributed by atoms with van der Waals surface area (Å²) in [7, 11) is 0. The molecule has 1 aliphatic rings. The number of nitro groups is 1. The number of ether oxygens (including phenoxy) is 2. The van der Waals surface area contributed by atoms with Gasteiger partial charge in [-0.05, 0) is 66.6 Å². The van der Waals surface area contributed by atoms with Crippen LogP contribution in [0.4, 0.5) is 11.4 Å². The molecule has 3 aromatic carbocycles. The van der Waals surface area contributed by atoms with Gasteiger partial charge in [-0.3, -0.25) is 19.8 Å². The van der Waals surface area contributed by atoms with Gasteiger partial charge >= 0.3 is 0 Å². The van der Waals surface area contributed by atoms with Crippen LogP contribution >= 0.6 is 35.0 Å². The number of amides is 1. The highest BCUT2D eigenvalue weighted by Gasteiger charge is 2.35. The minimum Gasteiger partial charge on any atom is -0.490 e. The number of nitrogens with zero attached hydrogens (tertiary/aromatic N) is 2. The molecule has 3 aromatic rings. The van der Waals surface area contributed by atoms with Crippen LogP contribution in [-0.4, -0.2) is 23.2 Å². The molecule has 10 heteroatoms. The van der Waals surface area contributed by atoms with Crippen LogP contribution in [0.5, 0.6) is 11.5 Å². The molecule has 1 atom stereocenters. The molecule has 0 spiro atoms. The summed E-state index contributed by atoms with van der Waals surface area (Å²) in [4.78, 5) is 24.8. The average Bonchev–Trinajstić information content (AvgIpc) is 3.20. The molecule has 0 radical (unpaired) electrons. The molecule has 1 amide bonds. The first kappa shape index (κ1) is 24.2. The molecule has 1 saturated heterocycles. The molecule has 0 unspecified atom stereocenters. The number of halogens is 2. The van der Waals surface area contributed by atoms with Crippen molar-refractivity contribution < 1.29 is 19.2 Å². The SMILES string of the molecule is CCOc1cc([C@H]2SCC(=O)N2c2ccc(Cl)cc2)cc(Cl)c1OCc1ccc([N+](=O)[O-])cc1. The molecule has 0 N–H and O–H groups in total. The zero-order valence-corrected chi connectivity index (χ0v) is 20.4. The predicted molar refractivity (Wildman–Crippen MR) is 134 cm³/mol. The highest BCUT2D eigenvalue weighted by molar-refractivity contribution is 8.00. The second-order valence-corrected chi connectivity index (χ2v) is 9.29. The molecule has 0 aromatic heterocycles. The van der Waals surface area contributed by atoms with E-state index in [2.05, 4.69) is 0 Å². The fourth-order valence-corrected chi connectivity index (χ4v) is 5.11. The van der Waals surface area contributed by atoms with E-state index in [0.717, 1.165) is 16.8 Å². The van der Waals surface area contributed by atoms with Gasteiger partial charge in [-0.1, -0.05) is 23.2 Å². The van der Waals surface area contributed by atoms with Crippen LogP contribution in [0.15, 0.2) is 60.7 Å². The van der Waals surface area contributed by atoms with Gasteiger partial charge in [-0.25, -0.2) is 0 Å². The number of rotatable bonds is 8. The summed E-state index contributed by atoms with van der Waals surface area (Å²) < 4.78 is 11.8. The van der Waals surface area contributed by atoms with Gasteiger partial charge in [0.15, 0.2) is 11.5 Å². The molecule has 0 saturated carbocycles. The Kier molecular flexibility index (Phi) is 7.50. The molecule has 1 heterocycles. The molecule has 1 fully saturated rings. The van der Waals surface area contributed by atoms with Crippen LogP contribution in [0.25, 0.3) is 0 Å². The highest BCUT2D eigenvalue weighted by atomic mass is 35.5. The predicted octanol–water partition coefficient (Wildman–Crippen LogP) is 6.66. The van der Waals surface area contributed by atoms with E-state index < -0.39 is 4.92 Å². The summed E-state index contributed by atoms with van der Waals surface area (Å²) in [6.07, 6.45) is 0. The number of thioether (sulfide) groups is 1. The molecule has 0 aliphatic carbocycles. The second-order valence-electron chi connectivity index (χ2n) is 7.38. The summed E-state index contributed by atoms with van der Waals surface area (Å²) in [5.74, 6) is 1.17. The number of carbonyl (C=O) groups is 1. The molecular weight excluding hydrogens is 499 g/mol. The smallest absolute Gasteiger partial charge is 0.269 e. The second kappa shape index (κ2) is 10.5. The lowest BCUT2D eigenvalue weighted by molar-refractivity contribution is -0.384. The minimum atomic E-state index is -0.452. The van der Waals surface area contributed by atoms with Gasteiger partial charge < -0.3 is 9.47 Å². The van der Waals surface area contributed by atoms with Crippen molar-refractivity contribution in [2.45, 2.75) is 18.9 Å². The van der Waals surface area contributed by atoms with Gasteiger partial charge in [0, 0.05) is 22.8 Å². The van der Waals surface area contributed by atoms with E-state index in [4.69, 9.17) is 32.7 Å². The van der Waals surface area contributed by atoms with Gasteiger partial charge in [0.25, 0.3) is 5.69 Å². The fraction of sp³-hybridized carbons (Fsp3) is 0.208. The van der Waals surface area contributed by atoms with Gasteiger partial charge in [0.05, 0.1) is 22.3 Å². The van der Waals surface area contributed by atoms with Crippen LogP contribution in [0.1, 0.15) is 23.4 Å². The van der Waals surface area contributed by atoms with E-state index in [1.165, 1.54) is 23.9 Å². The normalized spacial score (nSPS) is 15.4. The third-order valence-electron chi connectivity index (χ3n) is 5.12. The van der Waals surface area contributed by atoms with E-state index >= 15 is 0 Å². The van der Waals surface area contributed by atoms with Crippen molar-refractivity contribution in [2.75, 3.05) is 17.3 Å². The highest BCUT2D eigenvalue weighted by Crippen LogP contribution is 2.46. The van der Waals surface area contributed by atoms with Crippen molar-refractivity contribution >= 4 is 52.2 Å². The van der Waals surface area contributed by atoms with Gasteiger partial charge in [-0.2, -0.15) is 0 Å². The standard InChI is InChI=1S/C24H20Cl2N2O5S/c1-2-32-21-12-16(24-27(22(29)14-34-24)18-9-5-17(25)6-10-18)11-20(26)23(21)33-13-15-3-7-19(8-4-15)28(30)31/h3-12,24H,2,13-14H2,1H3/t24-/m1/s1. The Hall–Kier alpha value is -2.94. The Morgan fingerprint density at radius 2 is 1.79 bits per heavy atom. The Morgan fingerprint density at radius 1 is 1.09 bits per heavy atom. The topological polar surface area (TPSA) is 81.9 Å². The fourth-order valence-electron chi connectivity index (χ4n) is 3.55. The van der Waals surface area contributed by atoms with Crippen molar-refractivity contribution in [1.82, 2.24) is 0 Å². The maximum Gasteiger partial charge on any atom is 0.269 e. The Morgan fingerprint density at radius 3 is 2.44 bits per heavy atom. The van der Waals surface area contributed by atoms with Gasteiger partial charge in [0.2, 0.25) is 5.91 Å². The lowest BCUT2D eigenvalue weighted by Gasteiger charge is -2.25. The average molecular weight is 519 g/mol. The molecular formula is C24H20Cl2N2O5S. The number of benzene rings is 3. The third kappa shape index (κ3) is 5.24. The molecule has 1 aliphatic heterocycles. The van der Waals surface area contributed by atoms with Crippen molar-refractivity contribution in [3.8, 4) is 11.5 Å². The number of hydrogen-bond donors (Lipinski definition) is 0. The summed E-state index contributed by atoms with van der Waals surface area (Å²) in [5.41, 5.74) is 2.31. The van der Waals surface area contributed by atoms with Crippen LogP contribution in [-0.2, 0) is 11.4 Å². The van der Waals surface area contributed by atoms with Crippen molar-refractivity contribution in [3.63, 3.8) is 0 Å². The Bertz CT molecular complexity index is 1210. The Labute approximate surface area is 210 Å². The van der Waals surface area contributed by atoms with Crippen LogP contribution in [0.2, 0.25) is 10.0 Å². The van der Waals surface area contributed by atoms with Crippen molar-refractivity contribution in [1.29, 1.82) is 0 Å². The largest absolute Gasteiger partial charge is 0.490 e. The van der Waals surface area contributed by atoms with E-state index in [-0.39, 0.29) is 23.6 Å². The number of carbonyl (C=O) groups excluding carboxylic acids is 1. The van der Waals surface area contributed by atoms with Crippen LogP contribution in [0.3, 0.4) is 0 Å². The molecule has 34 heavy (non-hydrogen) atoms. The van der Waals surface area contributed by atoms with Crippen LogP contribution in [0, 0.1) is 10.1 Å². The first-order valence-electron chi connectivity index (χ1n) is 10.4. The molecule has 0 bridgehead atoms. The summed E-state index contributed by atoms with van der Waals surface area (Å²) in [5, 5.41) is 11.5. The van der Waals surface area contributed by atoms with E-state index in [1.54, 1.807) is 35.2 Å². The summed E-state index contributed by atoms with van der Waals surface area (Å²) in [6.45, 7) is 2.41. The summed E-state index contributed by atoms with van der Waals surface area (Å²) >= 11 is 14.1. The quantitative estimate of drug-likeness (QED) is 0.245. The number of non-ortho nitro benzene ring substituents is 1. The maximum absolute atomic E-state index is 12.7. The van der Waals surface area contributed by atoms with Crippen molar-refractivity contribution in [2.24, 2.45) is 0 Å². The van der Waals surface area contributed by atoms with Crippen LogP contribution < -0.4 is 14.4 Å². The van der Waals surface area contributed by atoms with Gasteiger partial charge in [0.1, 0.15) is 12.0 Å². The van der Waals surface area contributed by atoms with E-state index in [1.807, 2.05) is 25.1 Å². The lowest BCUT2D eigenvalue weighted by atomic mass is 10.1. The molecule has 176 valence electrons. The Balaban J connectivity index is 1.60. The zero-order chi connectivity index (χ0) is 24.2. The summed E-state index contributed by atoms with van der Waals surface area (Å²) in [6, 6.07) is 16.8. The monoisotopic (exact) mass is 518 g/mol. The lowest BCUT2D eigenvalue weighted by Crippen LogP contribution is -2.27. The maximum atomic E-state index is 12.7. The van der Waals surface area contributed by atoms with E-state index in [9.17, 15) is 14.9 Å². The van der Waals surface area contributed by atoms with Gasteiger partial charge in [-0.15, -0.1) is 11.8 Å². The van der Waals surface area contributed by atoms with Crippen molar-refractivity contribution in [3.05, 3.63) is 92.0 Å². The van der Waals surface area contributed by atoms with E-state index in [0.29, 0.717) is 33.9 Å². The third-order valence-corrected chi connectivity index (χ3v) is 6.86. The molecule has 4 rings (SSSR count). The first-order chi connectivity index (χ1) is 16.4.